The van der Waals surface area contributed by atoms with E-state index >= 15 is 0 Å². The summed E-state index contributed by atoms with van der Waals surface area (Å²) in [6, 6.07) is 10.3. The number of nitrogens with zero attached hydrogens (tertiary/aromatic N) is 3. The average molecular weight is 372 g/mol. The van der Waals surface area contributed by atoms with E-state index < -0.39 is 5.60 Å². The van der Waals surface area contributed by atoms with Crippen LogP contribution in [0.3, 0.4) is 0 Å². The quantitative estimate of drug-likeness (QED) is 0.882. The zero-order chi connectivity index (χ0) is 18.9. The van der Waals surface area contributed by atoms with Crippen LogP contribution in [0, 0.1) is 5.92 Å². The van der Waals surface area contributed by atoms with Gasteiger partial charge in [0.25, 0.3) is 0 Å². The van der Waals surface area contributed by atoms with E-state index in [2.05, 4.69) is 21.7 Å². The summed E-state index contributed by atoms with van der Waals surface area (Å²) in [6.45, 7) is 5.20. The molecule has 27 heavy (non-hydrogen) atoms. The van der Waals surface area contributed by atoms with Crippen LogP contribution in [0.5, 0.6) is 0 Å². The van der Waals surface area contributed by atoms with Gasteiger partial charge in [0.15, 0.2) is 0 Å². The second-order valence-electron chi connectivity index (χ2n) is 8.67. The van der Waals surface area contributed by atoms with Crippen molar-refractivity contribution in [3.05, 3.63) is 35.9 Å². The first kappa shape index (κ1) is 18.9. The van der Waals surface area contributed by atoms with Gasteiger partial charge in [0, 0.05) is 44.7 Å². The molecule has 0 aromatic heterocycles. The molecule has 5 nitrogen and oxygen atoms in total. The molecule has 4 rings (SSSR count). The smallest absolute Gasteiger partial charge is 0.237 e. The number of rotatable bonds is 3. The van der Waals surface area contributed by atoms with E-state index in [4.69, 9.17) is 0 Å². The molecule has 3 fully saturated rings. The maximum atomic E-state index is 13.1. The van der Waals surface area contributed by atoms with Gasteiger partial charge in [0.1, 0.15) is 0 Å². The lowest BCUT2D eigenvalue weighted by Crippen LogP contribution is -2.60. The maximum Gasteiger partial charge on any atom is 0.237 e. The highest BCUT2D eigenvalue weighted by Crippen LogP contribution is 2.46. The van der Waals surface area contributed by atoms with Crippen molar-refractivity contribution < 1.29 is 9.90 Å². The minimum atomic E-state index is -0.795. The first-order valence-electron chi connectivity index (χ1n) is 10.6. The lowest BCUT2D eigenvalue weighted by Gasteiger charge is -2.53. The van der Waals surface area contributed by atoms with Crippen LogP contribution in [-0.4, -0.2) is 78.1 Å². The third-order valence-corrected chi connectivity index (χ3v) is 7.03. The molecule has 3 aliphatic rings. The fourth-order valence-corrected chi connectivity index (χ4v) is 5.37. The number of carbonyl (C=O) groups excluding carboxylic acids is 1. The lowest BCUT2D eigenvalue weighted by molar-refractivity contribution is -0.156. The molecule has 2 aliphatic heterocycles. The van der Waals surface area contributed by atoms with E-state index in [-0.39, 0.29) is 17.9 Å². The molecular weight excluding hydrogens is 338 g/mol. The van der Waals surface area contributed by atoms with Crippen molar-refractivity contribution in [1.29, 1.82) is 0 Å². The van der Waals surface area contributed by atoms with Crippen LogP contribution in [0.1, 0.15) is 37.7 Å². The second kappa shape index (κ2) is 7.90. The van der Waals surface area contributed by atoms with Crippen LogP contribution in [0.15, 0.2) is 30.3 Å². The Bertz CT molecular complexity index is 644. The topological polar surface area (TPSA) is 47.0 Å². The van der Waals surface area contributed by atoms with Crippen molar-refractivity contribution in [3.8, 4) is 0 Å². The molecule has 1 aromatic carbocycles. The summed E-state index contributed by atoms with van der Waals surface area (Å²) < 4.78 is 0. The van der Waals surface area contributed by atoms with Gasteiger partial charge in [-0.25, -0.2) is 0 Å². The average Bonchev–Trinajstić information content (AvgIpc) is 2.71. The highest BCUT2D eigenvalue weighted by Gasteiger charge is 2.50. The summed E-state index contributed by atoms with van der Waals surface area (Å²) in [6.07, 6.45) is 4.98. The molecule has 1 aliphatic carbocycles. The van der Waals surface area contributed by atoms with Gasteiger partial charge in [-0.1, -0.05) is 43.2 Å². The van der Waals surface area contributed by atoms with Crippen molar-refractivity contribution in [2.75, 3.05) is 46.3 Å². The van der Waals surface area contributed by atoms with Crippen LogP contribution >= 0.6 is 0 Å². The molecule has 1 amide bonds. The molecule has 1 saturated carbocycles. The molecule has 2 saturated heterocycles. The number of piperazine rings is 1. The zero-order valence-electron chi connectivity index (χ0n) is 16.5. The molecule has 0 spiro atoms. The summed E-state index contributed by atoms with van der Waals surface area (Å²) in [5.74, 6) is 0.408. The minimum Gasteiger partial charge on any atom is -0.385 e. The number of piperidine rings is 1. The highest BCUT2D eigenvalue weighted by molar-refractivity contribution is 5.79. The Hall–Kier alpha value is -1.43. The Morgan fingerprint density at radius 1 is 1.07 bits per heavy atom. The number of likely N-dealkylation sites (N-methyl/N-ethyl adjacent to an activating group) is 1. The number of likely N-dealkylation sites (tertiary alicyclic amines) is 1. The number of hydrogen-bond acceptors (Lipinski definition) is 4. The monoisotopic (exact) mass is 371 g/mol. The van der Waals surface area contributed by atoms with Crippen LogP contribution in [0.25, 0.3) is 0 Å². The van der Waals surface area contributed by atoms with Gasteiger partial charge < -0.3 is 14.9 Å². The van der Waals surface area contributed by atoms with E-state index in [0.29, 0.717) is 19.5 Å². The second-order valence-corrected chi connectivity index (χ2v) is 8.67. The van der Waals surface area contributed by atoms with E-state index in [0.717, 1.165) is 57.4 Å². The maximum absolute atomic E-state index is 13.1. The Labute approximate surface area is 162 Å². The first-order valence-corrected chi connectivity index (χ1v) is 10.6. The molecule has 3 atom stereocenters. The first-order chi connectivity index (χ1) is 13.1. The zero-order valence-corrected chi connectivity index (χ0v) is 16.5. The van der Waals surface area contributed by atoms with Crippen molar-refractivity contribution >= 4 is 5.91 Å². The molecular formula is C22H33N3O2. The Morgan fingerprint density at radius 2 is 1.78 bits per heavy atom. The fraction of sp³-hybridized carbons (Fsp3) is 0.682. The molecule has 5 heteroatoms. The number of benzene rings is 1. The predicted octanol–water partition coefficient (Wildman–Crippen LogP) is 1.91. The van der Waals surface area contributed by atoms with E-state index in [9.17, 15) is 9.90 Å². The van der Waals surface area contributed by atoms with Crippen LogP contribution in [0.2, 0.25) is 0 Å². The lowest BCUT2D eigenvalue weighted by atomic mass is 9.66. The molecule has 1 aromatic rings. The van der Waals surface area contributed by atoms with Crippen molar-refractivity contribution in [1.82, 2.24) is 14.7 Å². The predicted molar refractivity (Wildman–Crippen MR) is 106 cm³/mol. The van der Waals surface area contributed by atoms with Gasteiger partial charge in [-0.15, -0.1) is 0 Å². The molecule has 148 valence electrons. The van der Waals surface area contributed by atoms with Gasteiger partial charge in [-0.2, -0.15) is 0 Å². The summed E-state index contributed by atoms with van der Waals surface area (Å²) in [5, 5.41) is 11.6. The summed E-state index contributed by atoms with van der Waals surface area (Å²) in [7, 11) is 2.14. The van der Waals surface area contributed by atoms with E-state index in [1.807, 2.05) is 30.3 Å². The Kier molecular flexibility index (Phi) is 5.53. The van der Waals surface area contributed by atoms with Gasteiger partial charge in [-0.05, 0) is 31.9 Å². The SMILES string of the molecule is CN1CCN(CC(=O)N2CCC(O)(c3ccccc3)C3CCCCC32)CC1. The summed E-state index contributed by atoms with van der Waals surface area (Å²) in [4.78, 5) is 19.9. The van der Waals surface area contributed by atoms with Gasteiger partial charge in [0.05, 0.1) is 12.1 Å². The number of hydrogen-bond donors (Lipinski definition) is 1. The molecule has 0 radical (unpaired) electrons. The van der Waals surface area contributed by atoms with Gasteiger partial charge >= 0.3 is 0 Å². The third-order valence-electron chi connectivity index (χ3n) is 7.03. The van der Waals surface area contributed by atoms with Crippen LogP contribution in [-0.2, 0) is 10.4 Å². The Morgan fingerprint density at radius 3 is 2.52 bits per heavy atom. The van der Waals surface area contributed by atoms with Gasteiger partial charge in [0.2, 0.25) is 5.91 Å². The van der Waals surface area contributed by atoms with Crippen molar-refractivity contribution in [2.24, 2.45) is 5.92 Å². The van der Waals surface area contributed by atoms with Crippen molar-refractivity contribution in [2.45, 2.75) is 43.7 Å². The summed E-state index contributed by atoms with van der Waals surface area (Å²) in [5.41, 5.74) is 0.227. The van der Waals surface area contributed by atoms with E-state index in [1.165, 1.54) is 0 Å². The molecule has 3 unspecified atom stereocenters. The van der Waals surface area contributed by atoms with Crippen LogP contribution in [0.4, 0.5) is 0 Å². The standard InChI is InChI=1S/C22H33N3O2/c1-23-13-15-24(16-14-23)17-21(26)25-12-11-22(27,18-7-3-2-4-8-18)19-9-5-6-10-20(19)25/h2-4,7-8,19-20,27H,5-6,9-17H2,1H3. The number of aliphatic hydroxyl groups is 1. The Balaban J connectivity index is 1.49. The summed E-state index contributed by atoms with van der Waals surface area (Å²) >= 11 is 0. The van der Waals surface area contributed by atoms with Crippen LogP contribution < -0.4 is 0 Å². The molecule has 1 N–H and O–H groups in total. The van der Waals surface area contributed by atoms with Crippen molar-refractivity contribution in [3.63, 3.8) is 0 Å². The number of carbonyl (C=O) groups is 1. The third kappa shape index (κ3) is 3.78. The number of amides is 1. The van der Waals surface area contributed by atoms with E-state index in [1.54, 1.807) is 0 Å². The largest absolute Gasteiger partial charge is 0.385 e. The molecule has 0 bridgehead atoms. The van der Waals surface area contributed by atoms with Gasteiger partial charge in [-0.3, -0.25) is 9.69 Å². The molecule has 2 heterocycles. The number of fused-ring (bicyclic) bond motifs is 1. The highest BCUT2D eigenvalue weighted by atomic mass is 16.3. The normalized spacial score (nSPS) is 32.9. The minimum absolute atomic E-state index is 0.152. The fourth-order valence-electron chi connectivity index (χ4n) is 5.37.